The molecule has 0 bridgehead atoms. The first-order valence-corrected chi connectivity index (χ1v) is 8.96. The Labute approximate surface area is 168 Å². The number of anilines is 2. The molecule has 2 aliphatic rings. The molecule has 0 aromatic heterocycles. The summed E-state index contributed by atoms with van der Waals surface area (Å²) in [5, 5.41) is 3.88. The fraction of sp³-hybridized carbons (Fsp3) is 0.316. The van der Waals surface area contributed by atoms with E-state index < -0.39 is 0 Å². The first-order valence-electron chi connectivity index (χ1n) is 8.58. The van der Waals surface area contributed by atoms with Gasteiger partial charge in [-0.3, -0.25) is 4.79 Å². The molecular formula is C19H20Cl2FN3O2. The van der Waals surface area contributed by atoms with E-state index in [1.54, 1.807) is 17.0 Å². The van der Waals surface area contributed by atoms with Crippen LogP contribution in [0.15, 0.2) is 36.4 Å². The second-order valence-electron chi connectivity index (χ2n) is 6.41. The van der Waals surface area contributed by atoms with Gasteiger partial charge in [0.05, 0.1) is 17.9 Å². The molecular weight excluding hydrogens is 392 g/mol. The molecule has 27 heavy (non-hydrogen) atoms. The van der Waals surface area contributed by atoms with Gasteiger partial charge in [0.2, 0.25) is 0 Å². The van der Waals surface area contributed by atoms with Crippen LogP contribution >= 0.6 is 24.0 Å². The minimum Gasteiger partial charge on any atom is -0.479 e. The van der Waals surface area contributed by atoms with Crippen LogP contribution < -0.4 is 19.9 Å². The van der Waals surface area contributed by atoms with Gasteiger partial charge in [-0.25, -0.2) is 4.39 Å². The number of hydrogen-bond donors (Lipinski definition) is 1. The van der Waals surface area contributed by atoms with Gasteiger partial charge in [-0.05, 0) is 17.7 Å². The molecule has 1 fully saturated rings. The maximum absolute atomic E-state index is 14.4. The summed E-state index contributed by atoms with van der Waals surface area (Å²) in [5.41, 5.74) is 2.05. The largest absolute Gasteiger partial charge is 0.479 e. The van der Waals surface area contributed by atoms with Crippen LogP contribution in [0.25, 0.3) is 0 Å². The van der Waals surface area contributed by atoms with Crippen LogP contribution in [-0.4, -0.2) is 38.7 Å². The molecule has 0 spiro atoms. The number of amides is 1. The number of nitrogens with one attached hydrogen (secondary N) is 1. The minimum absolute atomic E-state index is 0. The lowest BCUT2D eigenvalue weighted by atomic mass is 10.1. The summed E-state index contributed by atoms with van der Waals surface area (Å²) in [7, 11) is 0. The van der Waals surface area contributed by atoms with Crippen LogP contribution in [0.4, 0.5) is 15.8 Å². The van der Waals surface area contributed by atoms with Gasteiger partial charge in [-0.15, -0.1) is 12.4 Å². The zero-order valence-electron chi connectivity index (χ0n) is 14.6. The third-order valence-corrected chi connectivity index (χ3v) is 4.87. The van der Waals surface area contributed by atoms with Crippen LogP contribution in [0.2, 0.25) is 5.02 Å². The first-order chi connectivity index (χ1) is 12.6. The summed E-state index contributed by atoms with van der Waals surface area (Å²) in [6.45, 7) is 3.45. The van der Waals surface area contributed by atoms with E-state index in [1.165, 1.54) is 12.1 Å². The highest BCUT2D eigenvalue weighted by molar-refractivity contribution is 6.30. The number of hydrogen-bond acceptors (Lipinski definition) is 4. The smallest absolute Gasteiger partial charge is 0.265 e. The number of fused-ring (bicyclic) bond motifs is 1. The number of carbonyl (C=O) groups is 1. The normalized spacial score (nSPS) is 16.4. The number of rotatable bonds is 3. The molecule has 144 valence electrons. The molecule has 2 aliphatic heterocycles. The van der Waals surface area contributed by atoms with Gasteiger partial charge in [0.15, 0.2) is 12.4 Å². The van der Waals surface area contributed by atoms with E-state index in [1.807, 2.05) is 12.1 Å². The molecule has 2 aromatic carbocycles. The summed E-state index contributed by atoms with van der Waals surface area (Å²) >= 11 is 6.05. The monoisotopic (exact) mass is 411 g/mol. The molecule has 1 N–H and O–H groups in total. The van der Waals surface area contributed by atoms with E-state index in [0.29, 0.717) is 28.7 Å². The van der Waals surface area contributed by atoms with Gasteiger partial charge < -0.3 is 19.9 Å². The van der Waals surface area contributed by atoms with Gasteiger partial charge in [0.25, 0.3) is 5.91 Å². The minimum atomic E-state index is -0.383. The third kappa shape index (κ3) is 4.13. The zero-order chi connectivity index (χ0) is 18.1. The number of piperazine rings is 1. The molecule has 2 aromatic rings. The van der Waals surface area contributed by atoms with E-state index in [9.17, 15) is 9.18 Å². The molecule has 4 rings (SSSR count). The lowest BCUT2D eigenvalue weighted by Gasteiger charge is -2.35. The van der Waals surface area contributed by atoms with Crippen molar-refractivity contribution in [2.24, 2.45) is 0 Å². The second kappa shape index (κ2) is 8.33. The van der Waals surface area contributed by atoms with Crippen molar-refractivity contribution in [3.63, 3.8) is 0 Å². The summed E-state index contributed by atoms with van der Waals surface area (Å²) in [5.74, 6) is -0.0176. The van der Waals surface area contributed by atoms with Crippen LogP contribution in [0.3, 0.4) is 0 Å². The Bertz CT molecular complexity index is 844. The Hall–Kier alpha value is -2.02. The number of benzene rings is 2. The molecule has 2 heterocycles. The highest BCUT2D eigenvalue weighted by Crippen LogP contribution is 2.42. The van der Waals surface area contributed by atoms with Crippen molar-refractivity contribution in [2.45, 2.75) is 6.54 Å². The molecule has 5 nitrogen and oxygen atoms in total. The van der Waals surface area contributed by atoms with Gasteiger partial charge in [0.1, 0.15) is 5.82 Å². The summed E-state index contributed by atoms with van der Waals surface area (Å²) in [4.78, 5) is 16.1. The molecule has 0 aliphatic carbocycles. The molecule has 0 radical (unpaired) electrons. The van der Waals surface area contributed by atoms with Gasteiger partial charge in [0, 0.05) is 43.3 Å². The van der Waals surface area contributed by atoms with Crippen LogP contribution in [0, 0.1) is 5.82 Å². The maximum atomic E-state index is 14.4. The quantitative estimate of drug-likeness (QED) is 0.841. The number of nitrogens with zero attached hydrogens (tertiary/aromatic N) is 2. The van der Waals surface area contributed by atoms with Crippen molar-refractivity contribution in [3.8, 4) is 5.75 Å². The number of halogens is 3. The lowest BCUT2D eigenvalue weighted by Crippen LogP contribution is -2.44. The fourth-order valence-corrected chi connectivity index (χ4v) is 3.60. The Morgan fingerprint density at radius 1 is 1.15 bits per heavy atom. The fourth-order valence-electron chi connectivity index (χ4n) is 3.39. The third-order valence-electron chi connectivity index (χ3n) is 4.63. The van der Waals surface area contributed by atoms with Crippen molar-refractivity contribution >= 4 is 41.3 Å². The standard InChI is InChI=1S/C19H19ClFN3O2.ClH/c20-14-3-1-2-13(8-14)11-24-17-10-15(21)9-16(19(17)26-12-18(24)25)23-6-4-22-5-7-23;/h1-3,8-10,22H,4-7,11-12H2;1H. The van der Waals surface area contributed by atoms with E-state index >= 15 is 0 Å². The predicted molar refractivity (Wildman–Crippen MR) is 107 cm³/mol. The SMILES string of the molecule is Cl.O=C1COc2c(N3CCNCC3)cc(F)cc2N1Cc1cccc(Cl)c1. The van der Waals surface area contributed by atoms with Gasteiger partial charge in [-0.1, -0.05) is 23.7 Å². The Balaban J connectivity index is 0.00000210. The van der Waals surface area contributed by atoms with E-state index in [2.05, 4.69) is 10.2 Å². The van der Waals surface area contributed by atoms with Gasteiger partial charge in [-0.2, -0.15) is 0 Å². The molecule has 0 atom stereocenters. The van der Waals surface area contributed by atoms with E-state index in [0.717, 1.165) is 31.7 Å². The molecule has 0 unspecified atom stereocenters. The molecule has 8 heteroatoms. The molecule has 1 saturated heterocycles. The molecule has 1 amide bonds. The summed E-state index contributed by atoms with van der Waals surface area (Å²) in [6, 6.07) is 10.2. The van der Waals surface area contributed by atoms with Crippen molar-refractivity contribution in [1.29, 1.82) is 0 Å². The van der Waals surface area contributed by atoms with Crippen molar-refractivity contribution in [2.75, 3.05) is 42.6 Å². The summed E-state index contributed by atoms with van der Waals surface area (Å²) in [6.07, 6.45) is 0. The first kappa shape index (κ1) is 19.7. The zero-order valence-corrected chi connectivity index (χ0v) is 16.2. The van der Waals surface area contributed by atoms with Crippen LogP contribution in [-0.2, 0) is 11.3 Å². The number of carbonyl (C=O) groups excluding carboxylic acids is 1. The Morgan fingerprint density at radius 2 is 1.89 bits per heavy atom. The Kier molecular flexibility index (Phi) is 6.09. The molecule has 0 saturated carbocycles. The van der Waals surface area contributed by atoms with Crippen molar-refractivity contribution < 1.29 is 13.9 Å². The lowest BCUT2D eigenvalue weighted by molar-refractivity contribution is -0.121. The van der Waals surface area contributed by atoms with Crippen LogP contribution in [0.5, 0.6) is 5.75 Å². The highest BCUT2D eigenvalue weighted by atomic mass is 35.5. The average Bonchev–Trinajstić information content (AvgIpc) is 2.64. The van der Waals surface area contributed by atoms with Gasteiger partial charge >= 0.3 is 0 Å². The maximum Gasteiger partial charge on any atom is 0.265 e. The van der Waals surface area contributed by atoms with Crippen molar-refractivity contribution in [3.05, 3.63) is 52.8 Å². The number of ether oxygens (including phenoxy) is 1. The van der Waals surface area contributed by atoms with Crippen LogP contribution in [0.1, 0.15) is 5.56 Å². The average molecular weight is 412 g/mol. The Morgan fingerprint density at radius 3 is 2.63 bits per heavy atom. The topological polar surface area (TPSA) is 44.8 Å². The van der Waals surface area contributed by atoms with Crippen molar-refractivity contribution in [1.82, 2.24) is 5.32 Å². The predicted octanol–water partition coefficient (Wildman–Crippen LogP) is 3.24. The second-order valence-corrected chi connectivity index (χ2v) is 6.85. The summed E-state index contributed by atoms with van der Waals surface area (Å²) < 4.78 is 20.1. The highest BCUT2D eigenvalue weighted by Gasteiger charge is 2.30. The van der Waals surface area contributed by atoms with E-state index in [4.69, 9.17) is 16.3 Å². The van der Waals surface area contributed by atoms with E-state index in [-0.39, 0.29) is 30.7 Å².